The summed E-state index contributed by atoms with van der Waals surface area (Å²) in [6.45, 7) is 5.89. The number of aliphatic hydroxyl groups is 1. The Kier molecular flexibility index (Phi) is 2.02. The van der Waals surface area contributed by atoms with E-state index in [0.717, 1.165) is 12.8 Å². The van der Waals surface area contributed by atoms with Gasteiger partial charge in [-0.05, 0) is 20.8 Å². The third-order valence-corrected chi connectivity index (χ3v) is 1.92. The summed E-state index contributed by atoms with van der Waals surface area (Å²) in [6, 6.07) is 0. The largest absolute Gasteiger partial charge is 0.390 e. The quantitative estimate of drug-likeness (QED) is 0.555. The third-order valence-electron chi connectivity index (χ3n) is 1.92. The SMILES string of the molecule is CC1CC(C)(O)CC(C)O1. The molecule has 0 amide bonds. The standard InChI is InChI=1S/C8H16O2/c1-6-4-8(3,9)5-7(2)10-6/h6-7,9H,4-5H2,1-3H3. The highest BCUT2D eigenvalue weighted by molar-refractivity contribution is 4.82. The van der Waals surface area contributed by atoms with E-state index >= 15 is 0 Å². The summed E-state index contributed by atoms with van der Waals surface area (Å²) in [5, 5.41) is 9.64. The van der Waals surface area contributed by atoms with Gasteiger partial charge in [0, 0.05) is 12.8 Å². The molecule has 1 saturated heterocycles. The summed E-state index contributed by atoms with van der Waals surface area (Å²) >= 11 is 0. The Hall–Kier alpha value is -0.0800. The van der Waals surface area contributed by atoms with Crippen LogP contribution in [0.1, 0.15) is 33.6 Å². The van der Waals surface area contributed by atoms with Crippen molar-refractivity contribution < 1.29 is 9.84 Å². The molecule has 0 spiro atoms. The van der Waals surface area contributed by atoms with Crippen LogP contribution in [0.4, 0.5) is 0 Å². The minimum atomic E-state index is -0.503. The molecule has 1 N–H and O–H groups in total. The molecule has 1 aliphatic rings. The molecule has 1 heterocycles. The fraction of sp³-hybridized carbons (Fsp3) is 1.00. The first-order valence-electron chi connectivity index (χ1n) is 3.87. The van der Waals surface area contributed by atoms with Crippen molar-refractivity contribution in [2.45, 2.75) is 51.4 Å². The molecule has 0 radical (unpaired) electrons. The average molecular weight is 144 g/mol. The lowest BCUT2D eigenvalue weighted by molar-refractivity contribution is -0.123. The van der Waals surface area contributed by atoms with Gasteiger partial charge in [-0.1, -0.05) is 0 Å². The van der Waals surface area contributed by atoms with Crippen LogP contribution in [-0.4, -0.2) is 22.9 Å². The van der Waals surface area contributed by atoms with Crippen LogP contribution in [0.3, 0.4) is 0 Å². The minimum Gasteiger partial charge on any atom is -0.390 e. The highest BCUT2D eigenvalue weighted by Crippen LogP contribution is 2.27. The lowest BCUT2D eigenvalue weighted by Gasteiger charge is -2.36. The molecule has 10 heavy (non-hydrogen) atoms. The number of rotatable bonds is 0. The highest BCUT2D eigenvalue weighted by Gasteiger charge is 2.32. The molecule has 2 heteroatoms. The monoisotopic (exact) mass is 144 g/mol. The molecule has 0 saturated carbocycles. The Morgan fingerprint density at radius 1 is 1.30 bits per heavy atom. The molecule has 2 nitrogen and oxygen atoms in total. The van der Waals surface area contributed by atoms with Gasteiger partial charge < -0.3 is 9.84 Å². The van der Waals surface area contributed by atoms with Crippen LogP contribution in [0.2, 0.25) is 0 Å². The first-order chi connectivity index (χ1) is 4.49. The van der Waals surface area contributed by atoms with Gasteiger partial charge >= 0.3 is 0 Å². The topological polar surface area (TPSA) is 29.5 Å². The van der Waals surface area contributed by atoms with Crippen molar-refractivity contribution in [1.29, 1.82) is 0 Å². The van der Waals surface area contributed by atoms with E-state index in [1.807, 2.05) is 20.8 Å². The van der Waals surface area contributed by atoms with Crippen LogP contribution in [-0.2, 0) is 4.74 Å². The molecule has 0 aromatic rings. The van der Waals surface area contributed by atoms with E-state index in [9.17, 15) is 5.11 Å². The van der Waals surface area contributed by atoms with Gasteiger partial charge in [0.2, 0.25) is 0 Å². The summed E-state index contributed by atoms with van der Waals surface area (Å²) in [6.07, 6.45) is 1.94. The molecule has 0 aromatic heterocycles. The predicted octanol–water partition coefficient (Wildman–Crippen LogP) is 1.32. The minimum absolute atomic E-state index is 0.207. The molecule has 2 atom stereocenters. The summed E-state index contributed by atoms with van der Waals surface area (Å²) in [5.41, 5.74) is -0.503. The van der Waals surface area contributed by atoms with Crippen LogP contribution in [0, 0.1) is 0 Å². The molecule has 1 fully saturated rings. The summed E-state index contributed by atoms with van der Waals surface area (Å²) in [7, 11) is 0. The van der Waals surface area contributed by atoms with E-state index in [2.05, 4.69) is 0 Å². The maximum atomic E-state index is 9.64. The first kappa shape index (κ1) is 8.02. The molecular formula is C8H16O2. The van der Waals surface area contributed by atoms with E-state index in [1.165, 1.54) is 0 Å². The number of ether oxygens (including phenoxy) is 1. The highest BCUT2D eigenvalue weighted by atomic mass is 16.5. The smallest absolute Gasteiger partial charge is 0.0668 e. The molecule has 0 aromatic carbocycles. The number of hydrogen-bond donors (Lipinski definition) is 1. The Labute approximate surface area is 62.2 Å². The fourth-order valence-electron chi connectivity index (χ4n) is 1.81. The maximum absolute atomic E-state index is 9.64. The van der Waals surface area contributed by atoms with Gasteiger partial charge in [-0.3, -0.25) is 0 Å². The van der Waals surface area contributed by atoms with Crippen molar-refractivity contribution in [3.63, 3.8) is 0 Å². The number of hydrogen-bond acceptors (Lipinski definition) is 2. The fourth-order valence-corrected chi connectivity index (χ4v) is 1.81. The normalized spacial score (nSPS) is 49.2. The summed E-state index contributed by atoms with van der Waals surface area (Å²) in [4.78, 5) is 0. The van der Waals surface area contributed by atoms with Crippen molar-refractivity contribution >= 4 is 0 Å². The van der Waals surface area contributed by atoms with Gasteiger partial charge in [-0.15, -0.1) is 0 Å². The molecule has 0 aliphatic carbocycles. The Morgan fingerprint density at radius 2 is 1.70 bits per heavy atom. The van der Waals surface area contributed by atoms with Gasteiger partial charge in [-0.2, -0.15) is 0 Å². The van der Waals surface area contributed by atoms with Gasteiger partial charge in [0.1, 0.15) is 0 Å². The van der Waals surface area contributed by atoms with Crippen LogP contribution in [0.5, 0.6) is 0 Å². The lowest BCUT2D eigenvalue weighted by Crippen LogP contribution is -2.40. The summed E-state index contributed by atoms with van der Waals surface area (Å²) in [5.74, 6) is 0. The van der Waals surface area contributed by atoms with Crippen molar-refractivity contribution in [3.8, 4) is 0 Å². The summed E-state index contributed by atoms with van der Waals surface area (Å²) < 4.78 is 5.46. The second-order valence-corrected chi connectivity index (χ2v) is 3.66. The molecule has 1 rings (SSSR count). The molecule has 0 bridgehead atoms. The van der Waals surface area contributed by atoms with Gasteiger partial charge in [0.15, 0.2) is 0 Å². The zero-order chi connectivity index (χ0) is 7.78. The Morgan fingerprint density at radius 3 is 2.00 bits per heavy atom. The zero-order valence-corrected chi connectivity index (χ0v) is 6.92. The molecule has 1 aliphatic heterocycles. The maximum Gasteiger partial charge on any atom is 0.0668 e. The van der Waals surface area contributed by atoms with Gasteiger partial charge in [0.05, 0.1) is 17.8 Å². The molecular weight excluding hydrogens is 128 g/mol. The van der Waals surface area contributed by atoms with Gasteiger partial charge in [-0.25, -0.2) is 0 Å². The second kappa shape index (κ2) is 2.51. The van der Waals surface area contributed by atoms with Gasteiger partial charge in [0.25, 0.3) is 0 Å². The van der Waals surface area contributed by atoms with E-state index in [-0.39, 0.29) is 12.2 Å². The lowest BCUT2D eigenvalue weighted by atomic mass is 9.90. The van der Waals surface area contributed by atoms with E-state index < -0.39 is 5.60 Å². The van der Waals surface area contributed by atoms with Crippen molar-refractivity contribution in [2.75, 3.05) is 0 Å². The molecule has 60 valence electrons. The Balaban J connectivity index is 2.51. The average Bonchev–Trinajstić information content (AvgIpc) is 1.54. The van der Waals surface area contributed by atoms with Crippen LogP contribution >= 0.6 is 0 Å². The Bertz CT molecular complexity index is 108. The van der Waals surface area contributed by atoms with E-state index in [0.29, 0.717) is 0 Å². The van der Waals surface area contributed by atoms with Crippen LogP contribution in [0.25, 0.3) is 0 Å². The van der Waals surface area contributed by atoms with Crippen molar-refractivity contribution in [1.82, 2.24) is 0 Å². The molecule has 2 unspecified atom stereocenters. The van der Waals surface area contributed by atoms with Crippen molar-refractivity contribution in [3.05, 3.63) is 0 Å². The predicted molar refractivity (Wildman–Crippen MR) is 39.9 cm³/mol. The van der Waals surface area contributed by atoms with E-state index in [1.54, 1.807) is 0 Å². The zero-order valence-electron chi connectivity index (χ0n) is 6.92. The van der Waals surface area contributed by atoms with Crippen LogP contribution < -0.4 is 0 Å². The van der Waals surface area contributed by atoms with Crippen molar-refractivity contribution in [2.24, 2.45) is 0 Å². The van der Waals surface area contributed by atoms with E-state index in [4.69, 9.17) is 4.74 Å². The third kappa shape index (κ3) is 1.96. The second-order valence-electron chi connectivity index (χ2n) is 3.66. The first-order valence-corrected chi connectivity index (χ1v) is 3.87. The van der Waals surface area contributed by atoms with Crippen LogP contribution in [0.15, 0.2) is 0 Å².